The smallest absolute Gasteiger partial charge is 0.258 e. The van der Waals surface area contributed by atoms with E-state index in [1.807, 2.05) is 6.92 Å². The molecule has 0 saturated carbocycles. The average Bonchev–Trinajstić information content (AvgIpc) is 3.30. The highest BCUT2D eigenvalue weighted by atomic mass is 32.2. The third-order valence-electron chi connectivity index (χ3n) is 5.56. The van der Waals surface area contributed by atoms with E-state index in [9.17, 15) is 26.7 Å². The molecule has 0 unspecified atom stereocenters. The van der Waals surface area contributed by atoms with E-state index in [1.165, 1.54) is 40.5 Å². The Morgan fingerprint density at radius 2 is 2.00 bits per heavy atom. The first-order chi connectivity index (χ1) is 15.8. The maximum atomic E-state index is 13.3. The summed E-state index contributed by atoms with van der Waals surface area (Å²) in [7, 11) is -5.81. The first kappa shape index (κ1) is 26.4. The lowest BCUT2D eigenvalue weighted by molar-refractivity contribution is 0.0387. The van der Waals surface area contributed by atoms with Crippen molar-refractivity contribution in [1.29, 1.82) is 0 Å². The van der Waals surface area contributed by atoms with Gasteiger partial charge in [0.1, 0.15) is 16.1 Å². The maximum Gasteiger partial charge on any atom is 0.258 e. The molecule has 1 aliphatic heterocycles. The molecule has 0 saturated heterocycles. The Balaban J connectivity index is 1.99. The van der Waals surface area contributed by atoms with Gasteiger partial charge in [-0.1, -0.05) is 13.0 Å². The predicted octanol–water partition coefficient (Wildman–Crippen LogP) is 1.66. The van der Waals surface area contributed by atoms with Crippen LogP contribution in [0.5, 0.6) is 5.75 Å². The monoisotopic (exact) mass is 531 g/mol. The van der Waals surface area contributed by atoms with Gasteiger partial charge in [-0.25, -0.2) is 16.8 Å². The summed E-state index contributed by atoms with van der Waals surface area (Å²) in [5.74, 6) is -0.489. The van der Waals surface area contributed by atoms with Crippen molar-refractivity contribution in [3.05, 3.63) is 41.3 Å². The van der Waals surface area contributed by atoms with Crippen LogP contribution in [0.15, 0.2) is 39.9 Å². The van der Waals surface area contributed by atoms with Crippen molar-refractivity contribution in [1.82, 2.24) is 9.21 Å². The van der Waals surface area contributed by atoms with Gasteiger partial charge in [0.15, 0.2) is 0 Å². The minimum atomic E-state index is -3.71. The van der Waals surface area contributed by atoms with Gasteiger partial charge in [0.25, 0.3) is 15.9 Å². The second-order valence-corrected chi connectivity index (χ2v) is 13.4. The number of carbonyl (C=O) groups excluding carboxylic acids is 1. The second kappa shape index (κ2) is 10.2. The van der Waals surface area contributed by atoms with E-state index in [4.69, 9.17) is 4.74 Å². The van der Waals surface area contributed by atoms with Crippen LogP contribution in [0.3, 0.4) is 0 Å². The fourth-order valence-electron chi connectivity index (χ4n) is 3.63. The second-order valence-electron chi connectivity index (χ2n) is 8.43. The van der Waals surface area contributed by atoms with Crippen molar-refractivity contribution in [3.63, 3.8) is 0 Å². The number of fused-ring (bicyclic) bond motifs is 1. The lowest BCUT2D eigenvalue weighted by atomic mass is 9.99. The van der Waals surface area contributed by atoms with Crippen LogP contribution in [0.25, 0.3) is 0 Å². The molecule has 3 atom stereocenters. The summed E-state index contributed by atoms with van der Waals surface area (Å²) in [6, 6.07) is 7.03. The number of likely N-dealkylation sites (N-methyl/N-ethyl adjacent to an activating group) is 1. The van der Waals surface area contributed by atoms with Crippen LogP contribution in [0.4, 0.5) is 5.69 Å². The lowest BCUT2D eigenvalue weighted by Crippen LogP contribution is -2.50. The van der Waals surface area contributed by atoms with E-state index < -0.39 is 38.1 Å². The molecule has 0 fully saturated rings. The van der Waals surface area contributed by atoms with E-state index >= 15 is 0 Å². The van der Waals surface area contributed by atoms with Crippen LogP contribution in [-0.4, -0.2) is 82.2 Å². The molecular weight excluding hydrogens is 502 g/mol. The molecule has 34 heavy (non-hydrogen) atoms. The number of aliphatic hydroxyl groups excluding tert-OH is 1. The number of nitrogens with one attached hydrogen (secondary N) is 1. The number of aliphatic hydroxyl groups is 1. The summed E-state index contributed by atoms with van der Waals surface area (Å²) >= 11 is 1.12. The molecule has 1 aromatic heterocycles. The summed E-state index contributed by atoms with van der Waals surface area (Å²) in [6.45, 7) is 3.52. The van der Waals surface area contributed by atoms with Gasteiger partial charge in [-0.05, 0) is 36.6 Å². The minimum Gasteiger partial charge on any atom is -0.488 e. The first-order valence-corrected chi connectivity index (χ1v) is 14.7. The number of sulfonamides is 2. The quantitative estimate of drug-likeness (QED) is 0.529. The van der Waals surface area contributed by atoms with Crippen LogP contribution in [-0.2, 0) is 20.0 Å². The Morgan fingerprint density at radius 3 is 2.59 bits per heavy atom. The number of hydrogen-bond donors (Lipinski definition) is 2. The van der Waals surface area contributed by atoms with E-state index in [0.29, 0.717) is 0 Å². The van der Waals surface area contributed by atoms with E-state index in [-0.39, 0.29) is 46.8 Å². The molecule has 10 nitrogen and oxygen atoms in total. The number of amides is 1. The number of anilines is 1. The van der Waals surface area contributed by atoms with Crippen molar-refractivity contribution >= 4 is 43.0 Å². The molecule has 0 radical (unpaired) electrons. The lowest BCUT2D eigenvalue weighted by Gasteiger charge is -2.38. The highest BCUT2D eigenvalue weighted by molar-refractivity contribution is 7.92. The molecule has 0 bridgehead atoms. The van der Waals surface area contributed by atoms with Gasteiger partial charge in [-0.15, -0.1) is 11.3 Å². The molecule has 1 aromatic carbocycles. The topological polar surface area (TPSA) is 133 Å². The fraction of sp³-hybridized carbons (Fsp3) is 0.476. The standard InChI is InChI=1S/C21H29N3O7S3/c1-14-11-24(15(2)13-25)21(26)17-10-16(22-33(4,27)28)7-8-18(17)31-19(14)12-23(3)34(29,30)20-6-5-9-32-20/h5-10,14-15,19,22,25H,11-13H2,1-4H3/t14-,15-,19+/m1/s1. The Morgan fingerprint density at radius 1 is 1.29 bits per heavy atom. The number of ether oxygens (including phenoxy) is 1. The van der Waals surface area contributed by atoms with Gasteiger partial charge >= 0.3 is 0 Å². The third-order valence-corrected chi connectivity index (χ3v) is 9.37. The predicted molar refractivity (Wildman–Crippen MR) is 130 cm³/mol. The van der Waals surface area contributed by atoms with Gasteiger partial charge in [0.05, 0.1) is 31.0 Å². The van der Waals surface area contributed by atoms with Crippen LogP contribution >= 0.6 is 11.3 Å². The number of benzene rings is 1. The van der Waals surface area contributed by atoms with Crippen molar-refractivity contribution in [2.45, 2.75) is 30.2 Å². The van der Waals surface area contributed by atoms with Crippen LogP contribution in [0.1, 0.15) is 24.2 Å². The number of carbonyl (C=O) groups is 1. The summed E-state index contributed by atoms with van der Waals surface area (Å²) in [5, 5.41) is 11.4. The Bertz CT molecular complexity index is 1230. The molecule has 2 aromatic rings. The molecule has 188 valence electrons. The molecule has 13 heteroatoms. The van der Waals surface area contributed by atoms with Gasteiger partial charge in [-0.2, -0.15) is 4.31 Å². The highest BCUT2D eigenvalue weighted by Crippen LogP contribution is 2.31. The largest absolute Gasteiger partial charge is 0.488 e. The molecule has 0 spiro atoms. The van der Waals surface area contributed by atoms with E-state index in [2.05, 4.69) is 4.72 Å². The maximum absolute atomic E-state index is 13.3. The van der Waals surface area contributed by atoms with Crippen molar-refractivity contribution in [3.8, 4) is 5.75 Å². The zero-order valence-corrected chi connectivity index (χ0v) is 21.8. The zero-order chi connectivity index (χ0) is 25.3. The fourth-order valence-corrected chi connectivity index (χ4v) is 6.57. The number of thiophene rings is 1. The molecule has 2 heterocycles. The molecule has 0 aliphatic carbocycles. The van der Waals surface area contributed by atoms with Crippen molar-refractivity contribution in [2.75, 3.05) is 37.7 Å². The summed E-state index contributed by atoms with van der Waals surface area (Å²) in [4.78, 5) is 14.8. The van der Waals surface area contributed by atoms with Crippen LogP contribution in [0.2, 0.25) is 0 Å². The summed E-state index contributed by atoms with van der Waals surface area (Å²) in [6.07, 6.45) is 0.387. The third kappa shape index (κ3) is 5.89. The number of rotatable bonds is 8. The van der Waals surface area contributed by atoms with Crippen LogP contribution in [0, 0.1) is 5.92 Å². The molecule has 1 aliphatic rings. The normalized spacial score (nSPS) is 20.3. The van der Waals surface area contributed by atoms with E-state index in [1.54, 1.807) is 18.4 Å². The zero-order valence-electron chi connectivity index (χ0n) is 19.3. The van der Waals surface area contributed by atoms with Crippen molar-refractivity contribution < 1.29 is 31.5 Å². The molecular formula is C21H29N3O7S3. The highest BCUT2D eigenvalue weighted by Gasteiger charge is 2.35. The SMILES string of the molecule is C[C@@H]1CN([C@H](C)CO)C(=O)c2cc(NS(C)(=O)=O)ccc2O[C@H]1CN(C)S(=O)(=O)c1cccs1. The Hall–Kier alpha value is -2.19. The number of hydrogen-bond acceptors (Lipinski definition) is 8. The Kier molecular flexibility index (Phi) is 7.92. The van der Waals surface area contributed by atoms with Gasteiger partial charge in [0, 0.05) is 25.2 Å². The number of nitrogens with zero attached hydrogens (tertiary/aromatic N) is 2. The van der Waals surface area contributed by atoms with E-state index in [0.717, 1.165) is 17.6 Å². The average molecular weight is 532 g/mol. The first-order valence-electron chi connectivity index (χ1n) is 10.5. The summed E-state index contributed by atoms with van der Waals surface area (Å²) < 4.78 is 59.2. The van der Waals surface area contributed by atoms with Gasteiger partial charge in [0.2, 0.25) is 10.0 Å². The Labute approximate surface area is 204 Å². The minimum absolute atomic E-state index is 0.0275. The van der Waals surface area contributed by atoms with Gasteiger partial charge in [-0.3, -0.25) is 9.52 Å². The molecule has 1 amide bonds. The van der Waals surface area contributed by atoms with Crippen LogP contribution < -0.4 is 9.46 Å². The molecule has 2 N–H and O–H groups in total. The van der Waals surface area contributed by atoms with Gasteiger partial charge < -0.3 is 14.7 Å². The van der Waals surface area contributed by atoms with Crippen molar-refractivity contribution in [2.24, 2.45) is 5.92 Å². The molecule has 3 rings (SSSR count). The summed E-state index contributed by atoms with van der Waals surface area (Å²) in [5.41, 5.74) is 0.312.